The minimum absolute atomic E-state index is 0.0895. The van der Waals surface area contributed by atoms with E-state index >= 15 is 0 Å². The van der Waals surface area contributed by atoms with Crippen molar-refractivity contribution in [2.24, 2.45) is 5.92 Å². The number of halogens is 1. The van der Waals surface area contributed by atoms with Gasteiger partial charge in [0.2, 0.25) is 5.91 Å². The molecule has 2 aliphatic heterocycles. The fraction of sp³-hybridized carbons (Fsp3) is 0.917. The summed E-state index contributed by atoms with van der Waals surface area (Å²) >= 11 is 6.03. The van der Waals surface area contributed by atoms with Crippen LogP contribution in [0.5, 0.6) is 0 Å². The van der Waals surface area contributed by atoms with E-state index in [1.54, 1.807) is 0 Å². The van der Waals surface area contributed by atoms with Crippen LogP contribution < -0.4 is 5.32 Å². The second-order valence-electron chi connectivity index (χ2n) is 4.90. The number of amides is 1. The Morgan fingerprint density at radius 1 is 1.18 bits per heavy atom. The molecule has 2 aliphatic rings. The molecule has 4 nitrogen and oxygen atoms in total. The van der Waals surface area contributed by atoms with Gasteiger partial charge in [0.15, 0.2) is 0 Å². The van der Waals surface area contributed by atoms with E-state index in [1.165, 1.54) is 0 Å². The maximum Gasteiger partial charge on any atom is 0.223 e. The summed E-state index contributed by atoms with van der Waals surface area (Å²) in [4.78, 5) is 12.2. The molecule has 5 heteroatoms. The first kappa shape index (κ1) is 13.1. The third-order valence-corrected chi connectivity index (χ3v) is 4.20. The smallest absolute Gasteiger partial charge is 0.223 e. The van der Waals surface area contributed by atoms with E-state index in [0.717, 1.165) is 25.7 Å². The van der Waals surface area contributed by atoms with Gasteiger partial charge in [0.05, 0.1) is 5.54 Å². The summed E-state index contributed by atoms with van der Waals surface area (Å²) in [6.07, 6.45) is 3.26. The van der Waals surface area contributed by atoms with Gasteiger partial charge >= 0.3 is 0 Å². The van der Waals surface area contributed by atoms with Crippen LogP contribution in [0, 0.1) is 5.92 Å². The fourth-order valence-electron chi connectivity index (χ4n) is 2.38. The maximum absolute atomic E-state index is 12.2. The van der Waals surface area contributed by atoms with E-state index in [1.807, 2.05) is 0 Å². The van der Waals surface area contributed by atoms with Crippen LogP contribution in [0.1, 0.15) is 25.7 Å². The van der Waals surface area contributed by atoms with Crippen LogP contribution in [0.25, 0.3) is 0 Å². The Hall–Kier alpha value is -0.320. The fourth-order valence-corrected chi connectivity index (χ4v) is 2.71. The average molecular weight is 262 g/mol. The van der Waals surface area contributed by atoms with Gasteiger partial charge in [-0.15, -0.1) is 11.6 Å². The highest BCUT2D eigenvalue weighted by Crippen LogP contribution is 2.24. The number of nitrogens with one attached hydrogen (secondary N) is 1. The zero-order chi connectivity index (χ0) is 12.1. The van der Waals surface area contributed by atoms with E-state index in [2.05, 4.69) is 5.32 Å². The van der Waals surface area contributed by atoms with Crippen molar-refractivity contribution >= 4 is 17.5 Å². The molecule has 2 rings (SSSR count). The Balaban J connectivity index is 1.90. The van der Waals surface area contributed by atoms with Gasteiger partial charge in [-0.05, 0) is 25.7 Å². The Labute approximate surface area is 107 Å². The minimum atomic E-state index is -0.255. The zero-order valence-corrected chi connectivity index (χ0v) is 10.8. The largest absolute Gasteiger partial charge is 0.381 e. The van der Waals surface area contributed by atoms with Crippen LogP contribution in [-0.2, 0) is 14.3 Å². The highest BCUT2D eigenvalue weighted by Gasteiger charge is 2.35. The number of hydrogen-bond acceptors (Lipinski definition) is 3. The maximum atomic E-state index is 12.2. The monoisotopic (exact) mass is 261 g/mol. The summed E-state index contributed by atoms with van der Waals surface area (Å²) in [5, 5.41) is 3.15. The van der Waals surface area contributed by atoms with Crippen molar-refractivity contribution in [1.29, 1.82) is 0 Å². The molecular weight excluding hydrogens is 242 g/mol. The lowest BCUT2D eigenvalue weighted by Crippen LogP contribution is -2.55. The first-order valence-electron chi connectivity index (χ1n) is 6.29. The molecule has 0 aromatic rings. The molecule has 17 heavy (non-hydrogen) atoms. The lowest BCUT2D eigenvalue weighted by atomic mass is 9.90. The predicted molar refractivity (Wildman–Crippen MR) is 65.2 cm³/mol. The van der Waals surface area contributed by atoms with Gasteiger partial charge in [0.1, 0.15) is 0 Å². The molecule has 2 heterocycles. The Bertz CT molecular complexity index is 260. The third-order valence-electron chi connectivity index (χ3n) is 3.69. The summed E-state index contributed by atoms with van der Waals surface area (Å²) in [7, 11) is 0. The molecule has 2 fully saturated rings. The molecular formula is C12H20ClNO3. The summed E-state index contributed by atoms with van der Waals surface area (Å²) in [5.74, 6) is 0.688. The van der Waals surface area contributed by atoms with E-state index in [0.29, 0.717) is 32.3 Å². The van der Waals surface area contributed by atoms with E-state index in [4.69, 9.17) is 21.1 Å². The van der Waals surface area contributed by atoms with Gasteiger partial charge in [0, 0.05) is 38.2 Å². The molecule has 0 bridgehead atoms. The average Bonchev–Trinajstić information content (AvgIpc) is 2.41. The van der Waals surface area contributed by atoms with Crippen LogP contribution in [-0.4, -0.2) is 43.8 Å². The minimum Gasteiger partial charge on any atom is -0.381 e. The highest BCUT2D eigenvalue weighted by molar-refractivity contribution is 6.18. The first-order chi connectivity index (χ1) is 8.26. The lowest BCUT2D eigenvalue weighted by Gasteiger charge is -2.37. The normalized spacial score (nSPS) is 25.5. The van der Waals surface area contributed by atoms with Crippen LogP contribution >= 0.6 is 11.6 Å². The van der Waals surface area contributed by atoms with Crippen LogP contribution in [0.4, 0.5) is 0 Å². The molecule has 0 atom stereocenters. The van der Waals surface area contributed by atoms with Gasteiger partial charge in [-0.3, -0.25) is 4.79 Å². The van der Waals surface area contributed by atoms with Gasteiger partial charge in [-0.1, -0.05) is 0 Å². The van der Waals surface area contributed by atoms with Crippen LogP contribution in [0.2, 0.25) is 0 Å². The molecule has 98 valence electrons. The highest BCUT2D eigenvalue weighted by atomic mass is 35.5. The molecule has 0 aromatic carbocycles. The van der Waals surface area contributed by atoms with Crippen molar-refractivity contribution in [3.05, 3.63) is 0 Å². The molecule has 0 unspecified atom stereocenters. The molecule has 0 aromatic heterocycles. The molecule has 1 amide bonds. The summed E-state index contributed by atoms with van der Waals surface area (Å²) in [6, 6.07) is 0. The number of hydrogen-bond donors (Lipinski definition) is 1. The Morgan fingerprint density at radius 2 is 1.76 bits per heavy atom. The standard InChI is InChI=1S/C12H20ClNO3/c13-9-12(3-7-17-8-4-12)14-11(15)10-1-5-16-6-2-10/h10H,1-9H2,(H,14,15). The molecule has 0 aliphatic carbocycles. The predicted octanol–water partition coefficient (Wildman–Crippen LogP) is 1.32. The van der Waals surface area contributed by atoms with Gasteiger partial charge in [-0.2, -0.15) is 0 Å². The summed E-state index contributed by atoms with van der Waals surface area (Å²) < 4.78 is 10.6. The van der Waals surface area contributed by atoms with Crippen molar-refractivity contribution in [2.75, 3.05) is 32.3 Å². The van der Waals surface area contributed by atoms with Crippen LogP contribution in [0.3, 0.4) is 0 Å². The van der Waals surface area contributed by atoms with Crippen molar-refractivity contribution in [3.63, 3.8) is 0 Å². The van der Waals surface area contributed by atoms with Crippen molar-refractivity contribution in [2.45, 2.75) is 31.2 Å². The SMILES string of the molecule is O=C(NC1(CCl)CCOCC1)C1CCOCC1. The van der Waals surface area contributed by atoms with Crippen molar-refractivity contribution in [1.82, 2.24) is 5.32 Å². The van der Waals surface area contributed by atoms with Crippen molar-refractivity contribution in [3.8, 4) is 0 Å². The third kappa shape index (κ3) is 3.33. The Kier molecular flexibility index (Phi) is 4.65. The molecule has 2 saturated heterocycles. The number of carbonyl (C=O) groups excluding carboxylic acids is 1. The number of carbonyl (C=O) groups is 1. The van der Waals surface area contributed by atoms with E-state index in [9.17, 15) is 4.79 Å². The number of ether oxygens (including phenoxy) is 2. The van der Waals surface area contributed by atoms with Gasteiger partial charge in [0.25, 0.3) is 0 Å². The number of alkyl halides is 1. The van der Waals surface area contributed by atoms with Crippen molar-refractivity contribution < 1.29 is 14.3 Å². The zero-order valence-electron chi connectivity index (χ0n) is 10.0. The topological polar surface area (TPSA) is 47.6 Å². The molecule has 0 radical (unpaired) electrons. The first-order valence-corrected chi connectivity index (χ1v) is 6.83. The van der Waals surface area contributed by atoms with Gasteiger partial charge in [-0.25, -0.2) is 0 Å². The Morgan fingerprint density at radius 3 is 2.35 bits per heavy atom. The summed E-state index contributed by atoms with van der Waals surface area (Å²) in [5.41, 5.74) is -0.255. The molecule has 1 N–H and O–H groups in total. The van der Waals surface area contributed by atoms with E-state index in [-0.39, 0.29) is 17.4 Å². The number of rotatable bonds is 3. The second-order valence-corrected chi connectivity index (χ2v) is 5.17. The molecule has 0 saturated carbocycles. The lowest BCUT2D eigenvalue weighted by molar-refractivity contribution is -0.130. The second kappa shape index (κ2) is 6.03. The summed E-state index contributed by atoms with van der Waals surface area (Å²) in [6.45, 7) is 2.74. The van der Waals surface area contributed by atoms with Crippen LogP contribution in [0.15, 0.2) is 0 Å². The van der Waals surface area contributed by atoms with Gasteiger partial charge < -0.3 is 14.8 Å². The van der Waals surface area contributed by atoms with E-state index < -0.39 is 0 Å². The molecule has 0 spiro atoms. The quantitative estimate of drug-likeness (QED) is 0.780.